The lowest BCUT2D eigenvalue weighted by molar-refractivity contribution is 0.0599. The van der Waals surface area contributed by atoms with Crippen molar-refractivity contribution in [1.82, 2.24) is 4.98 Å². The van der Waals surface area contributed by atoms with E-state index < -0.39 is 0 Å². The molecule has 2 rings (SSSR count). The Bertz CT molecular complexity index is 537. The molecule has 0 amide bonds. The predicted molar refractivity (Wildman–Crippen MR) is 69.5 cm³/mol. The first-order valence-corrected chi connectivity index (χ1v) is 5.81. The number of carbonyl (C=O) groups excluding carboxylic acids is 1. The quantitative estimate of drug-likeness (QED) is 0.775. The lowest BCUT2D eigenvalue weighted by Gasteiger charge is -2.15. The van der Waals surface area contributed by atoms with E-state index in [4.69, 9.17) is 4.74 Å². The largest absolute Gasteiger partial charge is 0.465 e. The Balaban J connectivity index is 2.42. The zero-order valence-electron chi connectivity index (χ0n) is 10.5. The minimum Gasteiger partial charge on any atom is -0.465 e. The summed E-state index contributed by atoms with van der Waals surface area (Å²) in [5, 5.41) is 0. The summed E-state index contributed by atoms with van der Waals surface area (Å²) in [6, 6.07) is 11.4. The Morgan fingerprint density at radius 1 is 1.17 bits per heavy atom. The molecule has 2 aromatic rings. The van der Waals surface area contributed by atoms with Crippen LogP contribution in [-0.2, 0) is 4.74 Å². The van der Waals surface area contributed by atoms with Gasteiger partial charge < -0.3 is 4.74 Å². The van der Waals surface area contributed by atoms with Gasteiger partial charge in [-0.1, -0.05) is 25.1 Å². The number of nitrogens with zero attached hydrogens (tertiary/aromatic N) is 1. The Morgan fingerprint density at radius 3 is 2.50 bits per heavy atom. The third-order valence-corrected chi connectivity index (χ3v) is 3.04. The molecule has 92 valence electrons. The molecule has 0 radical (unpaired) electrons. The van der Waals surface area contributed by atoms with E-state index in [0.29, 0.717) is 5.56 Å². The minimum atomic E-state index is -0.300. The van der Waals surface area contributed by atoms with Crippen molar-refractivity contribution in [3.63, 3.8) is 0 Å². The zero-order valence-corrected chi connectivity index (χ0v) is 10.5. The van der Waals surface area contributed by atoms with E-state index in [1.54, 1.807) is 18.5 Å². The maximum atomic E-state index is 11.7. The number of pyridine rings is 1. The summed E-state index contributed by atoms with van der Waals surface area (Å²) in [5.74, 6) is -0.171. The molecule has 3 heteroatoms. The molecule has 0 fully saturated rings. The molecular formula is C15H15NO2. The van der Waals surface area contributed by atoms with Crippen molar-refractivity contribution in [3.05, 3.63) is 65.5 Å². The lowest BCUT2D eigenvalue weighted by atomic mass is 9.90. The van der Waals surface area contributed by atoms with Crippen LogP contribution in [0.4, 0.5) is 0 Å². The van der Waals surface area contributed by atoms with Gasteiger partial charge in [0.15, 0.2) is 0 Å². The maximum absolute atomic E-state index is 11.7. The molecule has 0 saturated carbocycles. The van der Waals surface area contributed by atoms with E-state index in [2.05, 4.69) is 11.9 Å². The average Bonchev–Trinajstić information content (AvgIpc) is 2.46. The maximum Gasteiger partial charge on any atom is 0.338 e. The number of methoxy groups -OCH3 is 1. The molecule has 0 bridgehead atoms. The summed E-state index contributed by atoms with van der Waals surface area (Å²) < 4.78 is 4.81. The number of benzene rings is 1. The van der Waals surface area contributed by atoms with Crippen LogP contribution in [0.25, 0.3) is 0 Å². The van der Waals surface area contributed by atoms with E-state index >= 15 is 0 Å². The van der Waals surface area contributed by atoms with Crippen molar-refractivity contribution >= 4 is 5.97 Å². The van der Waals surface area contributed by atoms with Crippen molar-refractivity contribution in [2.24, 2.45) is 0 Å². The first kappa shape index (κ1) is 12.3. The van der Waals surface area contributed by atoms with E-state index in [1.165, 1.54) is 7.11 Å². The monoisotopic (exact) mass is 241 g/mol. The van der Waals surface area contributed by atoms with Crippen LogP contribution >= 0.6 is 0 Å². The molecular weight excluding hydrogens is 226 g/mol. The Hall–Kier alpha value is -2.16. The van der Waals surface area contributed by atoms with E-state index in [9.17, 15) is 4.79 Å². The molecule has 1 unspecified atom stereocenters. The first-order chi connectivity index (χ1) is 8.74. The summed E-state index contributed by atoms with van der Waals surface area (Å²) in [5.41, 5.74) is 2.71. The van der Waals surface area contributed by atoms with Gasteiger partial charge in [-0.25, -0.2) is 4.79 Å². The zero-order chi connectivity index (χ0) is 13.0. The van der Waals surface area contributed by atoms with Crippen LogP contribution < -0.4 is 0 Å². The molecule has 0 saturated heterocycles. The highest BCUT2D eigenvalue weighted by Gasteiger charge is 2.17. The predicted octanol–water partition coefficient (Wildman–Crippen LogP) is 3.02. The number of esters is 1. The van der Waals surface area contributed by atoms with Gasteiger partial charge in [-0.2, -0.15) is 0 Å². The molecule has 0 spiro atoms. The molecule has 3 nitrogen and oxygen atoms in total. The van der Waals surface area contributed by atoms with Crippen molar-refractivity contribution in [1.29, 1.82) is 0 Å². The highest BCUT2D eigenvalue weighted by Crippen LogP contribution is 2.26. The Labute approximate surface area is 106 Å². The molecule has 0 aliphatic carbocycles. The minimum absolute atomic E-state index is 0.128. The number of hydrogen-bond donors (Lipinski definition) is 0. The van der Waals surface area contributed by atoms with Crippen molar-refractivity contribution in [2.75, 3.05) is 7.11 Å². The number of carbonyl (C=O) groups is 1. The van der Waals surface area contributed by atoms with Crippen molar-refractivity contribution < 1.29 is 9.53 Å². The number of aromatic nitrogens is 1. The third kappa shape index (κ3) is 2.40. The summed E-state index contributed by atoms with van der Waals surface area (Å²) in [6.07, 6.45) is 3.51. The van der Waals surface area contributed by atoms with Gasteiger partial charge in [0, 0.05) is 18.3 Å². The molecule has 0 N–H and O–H groups in total. The van der Waals surface area contributed by atoms with Gasteiger partial charge in [0.25, 0.3) is 0 Å². The second kappa shape index (κ2) is 5.45. The topological polar surface area (TPSA) is 39.2 Å². The fraction of sp³-hybridized carbons (Fsp3) is 0.200. The smallest absolute Gasteiger partial charge is 0.338 e. The van der Waals surface area contributed by atoms with Crippen LogP contribution in [0.1, 0.15) is 34.3 Å². The van der Waals surface area contributed by atoms with Gasteiger partial charge in [0.05, 0.1) is 12.7 Å². The molecule has 0 aliphatic rings. The summed E-state index contributed by atoms with van der Waals surface area (Å²) in [7, 11) is 1.40. The normalized spacial score (nSPS) is 11.9. The van der Waals surface area contributed by atoms with Crippen molar-refractivity contribution in [2.45, 2.75) is 12.8 Å². The highest BCUT2D eigenvalue weighted by molar-refractivity contribution is 5.91. The second-order valence-electron chi connectivity index (χ2n) is 4.08. The fourth-order valence-electron chi connectivity index (χ4n) is 2.00. The van der Waals surface area contributed by atoms with Crippen LogP contribution in [0, 0.1) is 0 Å². The summed E-state index contributed by atoms with van der Waals surface area (Å²) in [6.45, 7) is 2.07. The van der Waals surface area contributed by atoms with Crippen LogP contribution in [0.15, 0.2) is 48.8 Å². The Kier molecular flexibility index (Phi) is 3.72. The van der Waals surface area contributed by atoms with Crippen LogP contribution in [0.3, 0.4) is 0 Å². The van der Waals surface area contributed by atoms with Crippen LogP contribution in [0.5, 0.6) is 0 Å². The number of rotatable bonds is 3. The van der Waals surface area contributed by atoms with Gasteiger partial charge in [0.1, 0.15) is 0 Å². The molecule has 1 aromatic carbocycles. The van der Waals surface area contributed by atoms with Crippen molar-refractivity contribution in [3.8, 4) is 0 Å². The summed E-state index contributed by atoms with van der Waals surface area (Å²) in [4.78, 5) is 15.7. The highest BCUT2D eigenvalue weighted by atomic mass is 16.5. The van der Waals surface area contributed by atoms with Crippen LogP contribution in [-0.4, -0.2) is 18.1 Å². The van der Waals surface area contributed by atoms with Crippen LogP contribution in [0.2, 0.25) is 0 Å². The SMILES string of the molecule is COC(=O)c1ccccc1C(C)c1ccncc1. The number of hydrogen-bond acceptors (Lipinski definition) is 3. The standard InChI is InChI=1S/C15H15NO2/c1-11(12-7-9-16-10-8-12)13-5-3-4-6-14(13)15(17)18-2/h3-11H,1-2H3. The fourth-order valence-corrected chi connectivity index (χ4v) is 2.00. The number of ether oxygens (including phenoxy) is 1. The van der Waals surface area contributed by atoms with E-state index in [1.807, 2.05) is 30.3 Å². The molecule has 18 heavy (non-hydrogen) atoms. The second-order valence-corrected chi connectivity index (χ2v) is 4.08. The molecule has 1 atom stereocenters. The van der Waals surface area contributed by atoms with Gasteiger partial charge in [-0.15, -0.1) is 0 Å². The third-order valence-electron chi connectivity index (χ3n) is 3.04. The first-order valence-electron chi connectivity index (χ1n) is 5.81. The van der Waals surface area contributed by atoms with Gasteiger partial charge >= 0.3 is 5.97 Å². The van der Waals surface area contributed by atoms with Gasteiger partial charge in [0.2, 0.25) is 0 Å². The molecule has 1 heterocycles. The summed E-state index contributed by atoms with van der Waals surface area (Å²) >= 11 is 0. The van der Waals surface area contributed by atoms with Gasteiger partial charge in [-0.05, 0) is 29.3 Å². The van der Waals surface area contributed by atoms with Gasteiger partial charge in [-0.3, -0.25) is 4.98 Å². The molecule has 0 aliphatic heterocycles. The average molecular weight is 241 g/mol. The Morgan fingerprint density at radius 2 is 1.83 bits per heavy atom. The van der Waals surface area contributed by atoms with E-state index in [0.717, 1.165) is 11.1 Å². The van der Waals surface area contributed by atoms with E-state index in [-0.39, 0.29) is 11.9 Å². The molecule has 1 aromatic heterocycles. The lowest BCUT2D eigenvalue weighted by Crippen LogP contribution is -2.08.